The number of amides is 1. The number of nitrogens with zero attached hydrogens (tertiary/aromatic N) is 2. The molecule has 0 saturated carbocycles. The number of likely N-dealkylation sites (tertiary alicyclic amines) is 1. The van der Waals surface area contributed by atoms with Crippen molar-refractivity contribution in [3.63, 3.8) is 0 Å². The summed E-state index contributed by atoms with van der Waals surface area (Å²) in [5.41, 5.74) is 2.38. The molecule has 2 N–H and O–H groups in total. The van der Waals surface area contributed by atoms with Gasteiger partial charge >= 0.3 is 0 Å². The lowest BCUT2D eigenvalue weighted by Crippen LogP contribution is -2.37. The Balaban J connectivity index is 1.32. The van der Waals surface area contributed by atoms with E-state index in [2.05, 4.69) is 15.6 Å². The first-order valence-electron chi connectivity index (χ1n) is 10.1. The fourth-order valence-electron chi connectivity index (χ4n) is 3.75. The van der Waals surface area contributed by atoms with Gasteiger partial charge in [0.15, 0.2) is 0 Å². The smallest absolute Gasteiger partial charge is 0.227 e. The van der Waals surface area contributed by atoms with Crippen LogP contribution in [0.2, 0.25) is 5.02 Å². The van der Waals surface area contributed by atoms with Gasteiger partial charge < -0.3 is 15.2 Å². The Morgan fingerprint density at radius 3 is 2.84 bits per heavy atom. The van der Waals surface area contributed by atoms with E-state index in [0.29, 0.717) is 10.7 Å². The second kappa shape index (κ2) is 9.68. The monoisotopic (exact) mass is 457 g/mol. The van der Waals surface area contributed by atoms with Gasteiger partial charge in [-0.05, 0) is 56.3 Å². The van der Waals surface area contributed by atoms with Gasteiger partial charge in [0.25, 0.3) is 0 Å². The third-order valence-electron chi connectivity index (χ3n) is 5.45. The number of thiazole rings is 1. The number of hydrogen-bond acceptors (Lipinski definition) is 6. The number of nitrogens with one attached hydrogen (secondary N) is 1. The highest BCUT2D eigenvalue weighted by Gasteiger charge is 2.26. The van der Waals surface area contributed by atoms with Gasteiger partial charge in [-0.1, -0.05) is 23.7 Å². The summed E-state index contributed by atoms with van der Waals surface area (Å²) in [6.07, 6.45) is 1.52. The lowest BCUT2D eigenvalue weighted by atomic mass is 9.95. The molecule has 162 valence electrons. The maximum absolute atomic E-state index is 12.6. The maximum Gasteiger partial charge on any atom is 0.227 e. The molecule has 3 aromatic rings. The van der Waals surface area contributed by atoms with Crippen molar-refractivity contribution in [2.75, 3.05) is 25.5 Å². The van der Waals surface area contributed by atoms with Gasteiger partial charge in [-0.25, -0.2) is 4.98 Å². The van der Waals surface area contributed by atoms with Gasteiger partial charge in [0.2, 0.25) is 5.91 Å². The molecule has 1 aliphatic heterocycles. The summed E-state index contributed by atoms with van der Waals surface area (Å²) >= 11 is 7.57. The van der Waals surface area contributed by atoms with E-state index >= 15 is 0 Å². The van der Waals surface area contributed by atoms with Crippen molar-refractivity contribution >= 4 is 34.5 Å². The third kappa shape index (κ3) is 5.18. The molecule has 1 aliphatic rings. The average molecular weight is 458 g/mol. The highest BCUT2D eigenvalue weighted by molar-refractivity contribution is 7.13. The second-order valence-corrected chi connectivity index (χ2v) is 8.84. The molecule has 0 aliphatic carbocycles. The molecule has 6 nitrogen and oxygen atoms in total. The molecule has 4 rings (SSSR count). The Hall–Kier alpha value is -2.61. The van der Waals surface area contributed by atoms with Crippen molar-refractivity contribution in [2.45, 2.75) is 19.4 Å². The summed E-state index contributed by atoms with van der Waals surface area (Å²) in [7, 11) is 1.67. The van der Waals surface area contributed by atoms with Crippen LogP contribution in [0.4, 0.5) is 5.69 Å². The SMILES string of the molecule is COc1ccccc1-c1nc(CN2CCC(C(=O)Nc3cc(Cl)ccc3O)CC2)cs1. The van der Waals surface area contributed by atoms with E-state index in [-0.39, 0.29) is 17.6 Å². The van der Waals surface area contributed by atoms with Crippen molar-refractivity contribution in [3.05, 3.63) is 58.6 Å². The number of carbonyl (C=O) groups is 1. The summed E-state index contributed by atoms with van der Waals surface area (Å²) in [4.78, 5) is 19.7. The molecule has 2 aromatic carbocycles. The van der Waals surface area contributed by atoms with Crippen molar-refractivity contribution in [1.29, 1.82) is 0 Å². The lowest BCUT2D eigenvalue weighted by molar-refractivity contribution is -0.121. The van der Waals surface area contributed by atoms with Crippen LogP contribution in [0.25, 0.3) is 10.6 Å². The fraction of sp³-hybridized carbons (Fsp3) is 0.304. The molecule has 1 aromatic heterocycles. The molecule has 1 saturated heterocycles. The number of aromatic hydroxyl groups is 1. The number of halogens is 1. The molecular formula is C23H24ClN3O3S. The van der Waals surface area contributed by atoms with E-state index < -0.39 is 0 Å². The fourth-order valence-corrected chi connectivity index (χ4v) is 4.76. The maximum atomic E-state index is 12.6. The van der Waals surface area contributed by atoms with E-state index in [9.17, 15) is 9.90 Å². The Bertz CT molecular complexity index is 1060. The summed E-state index contributed by atoms with van der Waals surface area (Å²) in [5.74, 6) is 0.670. The molecular weight excluding hydrogens is 434 g/mol. The van der Waals surface area contributed by atoms with Crippen LogP contribution in [0.15, 0.2) is 47.8 Å². The van der Waals surface area contributed by atoms with Crippen LogP contribution in [0, 0.1) is 5.92 Å². The number of benzene rings is 2. The van der Waals surface area contributed by atoms with Crippen LogP contribution in [-0.4, -0.2) is 41.1 Å². The average Bonchev–Trinajstić information content (AvgIpc) is 3.25. The molecule has 0 atom stereocenters. The first kappa shape index (κ1) is 21.6. The summed E-state index contributed by atoms with van der Waals surface area (Å²) < 4.78 is 5.45. The van der Waals surface area contributed by atoms with E-state index in [1.54, 1.807) is 30.6 Å². The molecule has 8 heteroatoms. The van der Waals surface area contributed by atoms with Crippen LogP contribution in [0.3, 0.4) is 0 Å². The number of methoxy groups -OCH3 is 1. The predicted octanol–water partition coefficient (Wildman–Crippen LogP) is 5.03. The number of carbonyl (C=O) groups excluding carboxylic acids is 1. The number of phenols is 1. The Morgan fingerprint density at radius 1 is 1.29 bits per heavy atom. The Kier molecular flexibility index (Phi) is 6.75. The van der Waals surface area contributed by atoms with Crippen LogP contribution in [-0.2, 0) is 11.3 Å². The van der Waals surface area contributed by atoms with Crippen molar-refractivity contribution in [3.8, 4) is 22.1 Å². The third-order valence-corrected chi connectivity index (χ3v) is 6.61. The summed E-state index contributed by atoms with van der Waals surface area (Å²) in [6.45, 7) is 2.40. The molecule has 2 heterocycles. The second-order valence-electron chi connectivity index (χ2n) is 7.55. The highest BCUT2D eigenvalue weighted by atomic mass is 35.5. The largest absolute Gasteiger partial charge is 0.506 e. The lowest BCUT2D eigenvalue weighted by Gasteiger charge is -2.30. The predicted molar refractivity (Wildman–Crippen MR) is 124 cm³/mol. The number of phenolic OH excluding ortho intramolecular Hbond substituents is 1. The molecule has 1 fully saturated rings. The highest BCUT2D eigenvalue weighted by Crippen LogP contribution is 2.33. The minimum absolute atomic E-state index is 0.0181. The van der Waals surface area contributed by atoms with Gasteiger partial charge in [0.05, 0.1) is 24.1 Å². The van der Waals surface area contributed by atoms with Crippen LogP contribution < -0.4 is 10.1 Å². The van der Waals surface area contributed by atoms with E-state index in [0.717, 1.165) is 54.5 Å². The topological polar surface area (TPSA) is 74.7 Å². The van der Waals surface area contributed by atoms with Crippen molar-refractivity contribution in [2.24, 2.45) is 5.92 Å². The zero-order chi connectivity index (χ0) is 21.8. The number of para-hydroxylation sites is 1. The van der Waals surface area contributed by atoms with E-state index in [4.69, 9.17) is 21.3 Å². The van der Waals surface area contributed by atoms with Gasteiger partial charge in [0.1, 0.15) is 16.5 Å². The van der Waals surface area contributed by atoms with Crippen LogP contribution in [0.5, 0.6) is 11.5 Å². The molecule has 31 heavy (non-hydrogen) atoms. The van der Waals surface area contributed by atoms with E-state index in [1.807, 2.05) is 24.3 Å². The minimum Gasteiger partial charge on any atom is -0.506 e. The standard InChI is InChI=1S/C23H24ClN3O3S/c1-30-21-5-3-2-4-18(21)23-25-17(14-31-23)13-27-10-8-15(9-11-27)22(29)26-19-12-16(24)6-7-20(19)28/h2-7,12,14-15,28H,8-11,13H2,1H3,(H,26,29). The number of hydrogen-bond donors (Lipinski definition) is 2. The van der Waals surface area contributed by atoms with Crippen LogP contribution >= 0.6 is 22.9 Å². The Labute approximate surface area is 190 Å². The van der Waals surface area contributed by atoms with E-state index in [1.165, 1.54) is 6.07 Å². The zero-order valence-electron chi connectivity index (χ0n) is 17.2. The molecule has 0 bridgehead atoms. The number of rotatable bonds is 6. The van der Waals surface area contributed by atoms with Gasteiger partial charge in [-0.2, -0.15) is 0 Å². The summed E-state index contributed by atoms with van der Waals surface area (Å²) in [6, 6.07) is 12.5. The van der Waals surface area contributed by atoms with Crippen molar-refractivity contribution in [1.82, 2.24) is 9.88 Å². The Morgan fingerprint density at radius 2 is 2.06 bits per heavy atom. The zero-order valence-corrected chi connectivity index (χ0v) is 18.7. The first-order valence-corrected chi connectivity index (χ1v) is 11.4. The number of anilines is 1. The van der Waals surface area contributed by atoms with Gasteiger partial charge in [0, 0.05) is 22.9 Å². The van der Waals surface area contributed by atoms with Gasteiger partial charge in [-0.3, -0.25) is 9.69 Å². The first-order chi connectivity index (χ1) is 15.0. The number of piperidine rings is 1. The van der Waals surface area contributed by atoms with Crippen LogP contribution in [0.1, 0.15) is 18.5 Å². The quantitative estimate of drug-likeness (QED) is 0.508. The molecule has 0 spiro atoms. The summed E-state index contributed by atoms with van der Waals surface area (Å²) in [5, 5.41) is 16.2. The van der Waals surface area contributed by atoms with Gasteiger partial charge in [-0.15, -0.1) is 11.3 Å². The molecule has 0 radical (unpaired) electrons. The molecule has 0 unspecified atom stereocenters. The minimum atomic E-state index is -0.0887. The number of aromatic nitrogens is 1. The van der Waals surface area contributed by atoms with Crippen molar-refractivity contribution < 1.29 is 14.6 Å². The number of ether oxygens (including phenoxy) is 1. The normalized spacial score (nSPS) is 15.0. The molecule has 1 amide bonds.